The van der Waals surface area contributed by atoms with Gasteiger partial charge in [0.05, 0.1) is 7.11 Å². The number of ether oxygens (including phenoxy) is 1. The van der Waals surface area contributed by atoms with Crippen LogP contribution in [0.3, 0.4) is 0 Å². The Balaban J connectivity index is 2.62. The van der Waals surface area contributed by atoms with E-state index in [1.165, 1.54) is 26.4 Å². The first-order valence-corrected chi connectivity index (χ1v) is 7.07. The molecule has 1 fully saturated rings. The molecule has 1 aliphatic rings. The van der Waals surface area contributed by atoms with Crippen LogP contribution in [0.4, 0.5) is 0 Å². The van der Waals surface area contributed by atoms with Crippen LogP contribution in [0.15, 0.2) is 0 Å². The van der Waals surface area contributed by atoms with Gasteiger partial charge in [-0.1, -0.05) is 13.8 Å². The number of likely N-dealkylation sites (N-methyl/N-ethyl adjacent to an activating group) is 1. The molecule has 2 atom stereocenters. The first-order chi connectivity index (χ1) is 8.51. The number of esters is 1. The summed E-state index contributed by atoms with van der Waals surface area (Å²) in [5, 5.41) is 3.27. The van der Waals surface area contributed by atoms with Crippen molar-refractivity contribution in [1.82, 2.24) is 10.2 Å². The van der Waals surface area contributed by atoms with Gasteiger partial charge in [0.2, 0.25) is 0 Å². The van der Waals surface area contributed by atoms with Crippen LogP contribution in [0.25, 0.3) is 0 Å². The van der Waals surface area contributed by atoms with Gasteiger partial charge < -0.3 is 15.0 Å². The fourth-order valence-electron chi connectivity index (χ4n) is 2.74. The van der Waals surface area contributed by atoms with Crippen molar-refractivity contribution in [2.75, 3.05) is 33.3 Å². The van der Waals surface area contributed by atoms with Crippen molar-refractivity contribution < 1.29 is 9.53 Å². The number of rotatable bonds is 5. The van der Waals surface area contributed by atoms with Crippen LogP contribution in [-0.2, 0) is 9.53 Å². The van der Waals surface area contributed by atoms with E-state index >= 15 is 0 Å². The first-order valence-electron chi connectivity index (χ1n) is 7.07. The first kappa shape index (κ1) is 15.4. The van der Waals surface area contributed by atoms with Crippen LogP contribution in [0, 0.1) is 5.92 Å². The van der Waals surface area contributed by atoms with E-state index in [0.717, 1.165) is 32.1 Å². The molecule has 106 valence electrons. The molecule has 1 aliphatic heterocycles. The fraction of sp³-hybridized carbons (Fsp3) is 0.929. The smallest absolute Gasteiger partial charge is 0.327 e. The zero-order valence-electron chi connectivity index (χ0n) is 12.3. The Kier molecular flexibility index (Phi) is 6.09. The topological polar surface area (TPSA) is 41.6 Å². The minimum atomic E-state index is -0.586. The molecular weight excluding hydrogens is 228 g/mol. The van der Waals surface area contributed by atoms with E-state index < -0.39 is 5.54 Å². The Morgan fingerprint density at radius 1 is 1.44 bits per heavy atom. The standard InChI is InChI=1S/C14H28N2O2/c1-5-15-14(3,13(17)18-4)11-16-9-6-7-12(2)8-10-16/h12,15H,5-11H2,1-4H3. The van der Waals surface area contributed by atoms with Crippen LogP contribution in [0.5, 0.6) is 0 Å². The second-order valence-electron chi connectivity index (χ2n) is 5.67. The summed E-state index contributed by atoms with van der Waals surface area (Å²) in [6.45, 7) is 9.95. The van der Waals surface area contributed by atoms with Crippen LogP contribution < -0.4 is 5.32 Å². The van der Waals surface area contributed by atoms with Crippen molar-refractivity contribution in [3.63, 3.8) is 0 Å². The lowest BCUT2D eigenvalue weighted by Crippen LogP contribution is -2.57. The van der Waals surface area contributed by atoms with Crippen LogP contribution >= 0.6 is 0 Å². The highest BCUT2D eigenvalue weighted by molar-refractivity contribution is 5.80. The number of likely N-dealkylation sites (tertiary alicyclic amines) is 1. The van der Waals surface area contributed by atoms with Gasteiger partial charge in [-0.2, -0.15) is 0 Å². The van der Waals surface area contributed by atoms with Crippen molar-refractivity contribution in [3.8, 4) is 0 Å². The molecule has 0 saturated carbocycles. The summed E-state index contributed by atoms with van der Waals surface area (Å²) in [5.74, 6) is 0.639. The van der Waals surface area contributed by atoms with Crippen molar-refractivity contribution in [1.29, 1.82) is 0 Å². The molecule has 0 amide bonds. The van der Waals surface area contributed by atoms with E-state index in [1.807, 2.05) is 13.8 Å². The molecule has 4 nitrogen and oxygen atoms in total. The van der Waals surface area contributed by atoms with Gasteiger partial charge in [-0.05, 0) is 51.7 Å². The molecule has 1 heterocycles. The lowest BCUT2D eigenvalue weighted by molar-refractivity contribution is -0.148. The van der Waals surface area contributed by atoms with Gasteiger partial charge in [-0.15, -0.1) is 0 Å². The highest BCUT2D eigenvalue weighted by Gasteiger charge is 2.35. The maximum atomic E-state index is 11.9. The molecule has 0 spiro atoms. The summed E-state index contributed by atoms with van der Waals surface area (Å²) in [7, 11) is 1.46. The van der Waals surface area contributed by atoms with E-state index in [4.69, 9.17) is 4.74 Å². The molecule has 0 bridgehead atoms. The Bertz CT molecular complexity index is 271. The highest BCUT2D eigenvalue weighted by Crippen LogP contribution is 2.18. The quantitative estimate of drug-likeness (QED) is 0.760. The molecular formula is C14H28N2O2. The molecule has 0 aromatic rings. The predicted molar refractivity (Wildman–Crippen MR) is 73.6 cm³/mol. The number of nitrogens with zero attached hydrogens (tertiary/aromatic N) is 1. The van der Waals surface area contributed by atoms with Gasteiger partial charge in [-0.25, -0.2) is 0 Å². The average molecular weight is 256 g/mol. The largest absolute Gasteiger partial charge is 0.468 e. The molecule has 1 saturated heterocycles. The molecule has 4 heteroatoms. The Morgan fingerprint density at radius 3 is 2.78 bits per heavy atom. The molecule has 1 N–H and O–H groups in total. The molecule has 0 radical (unpaired) electrons. The normalized spacial score (nSPS) is 25.2. The minimum absolute atomic E-state index is 0.165. The number of methoxy groups -OCH3 is 1. The molecule has 2 unspecified atom stereocenters. The maximum Gasteiger partial charge on any atom is 0.327 e. The van der Waals surface area contributed by atoms with Gasteiger partial charge in [0.1, 0.15) is 5.54 Å². The monoisotopic (exact) mass is 256 g/mol. The summed E-state index contributed by atoms with van der Waals surface area (Å²) in [6, 6.07) is 0. The lowest BCUT2D eigenvalue weighted by atomic mass is 10.0. The summed E-state index contributed by atoms with van der Waals surface area (Å²) in [4.78, 5) is 14.3. The number of carbonyl (C=O) groups excluding carboxylic acids is 1. The SMILES string of the molecule is CCNC(C)(CN1CCCC(C)CC1)C(=O)OC. The summed E-state index contributed by atoms with van der Waals surface area (Å²) < 4.78 is 4.93. The molecule has 1 rings (SSSR count). The summed E-state index contributed by atoms with van der Waals surface area (Å²) in [6.07, 6.45) is 3.75. The van der Waals surface area contributed by atoms with E-state index in [2.05, 4.69) is 17.1 Å². The second kappa shape index (κ2) is 7.10. The zero-order valence-corrected chi connectivity index (χ0v) is 12.3. The highest BCUT2D eigenvalue weighted by atomic mass is 16.5. The predicted octanol–water partition coefficient (Wildman–Crippen LogP) is 1.65. The van der Waals surface area contributed by atoms with E-state index in [9.17, 15) is 4.79 Å². The van der Waals surface area contributed by atoms with Crippen molar-refractivity contribution >= 4 is 5.97 Å². The Hall–Kier alpha value is -0.610. The molecule has 18 heavy (non-hydrogen) atoms. The second-order valence-corrected chi connectivity index (χ2v) is 5.67. The van der Waals surface area contributed by atoms with Crippen molar-refractivity contribution in [3.05, 3.63) is 0 Å². The van der Waals surface area contributed by atoms with Crippen LogP contribution in [0.1, 0.15) is 40.0 Å². The maximum absolute atomic E-state index is 11.9. The summed E-state index contributed by atoms with van der Waals surface area (Å²) >= 11 is 0. The van der Waals surface area contributed by atoms with Gasteiger partial charge >= 0.3 is 5.97 Å². The molecule has 0 aromatic heterocycles. The molecule has 0 aromatic carbocycles. The molecule has 0 aliphatic carbocycles. The van der Waals surface area contributed by atoms with E-state index in [1.54, 1.807) is 0 Å². The van der Waals surface area contributed by atoms with Gasteiger partial charge in [0.25, 0.3) is 0 Å². The number of carbonyl (C=O) groups is 1. The summed E-state index contributed by atoms with van der Waals surface area (Å²) in [5.41, 5.74) is -0.586. The van der Waals surface area contributed by atoms with Crippen molar-refractivity contribution in [2.45, 2.75) is 45.6 Å². The lowest BCUT2D eigenvalue weighted by Gasteiger charge is -2.33. The van der Waals surface area contributed by atoms with Crippen LogP contribution in [-0.4, -0.2) is 49.7 Å². The number of hydrogen-bond acceptors (Lipinski definition) is 4. The van der Waals surface area contributed by atoms with Gasteiger partial charge in [0.15, 0.2) is 0 Å². The Labute approximate surface area is 111 Å². The zero-order chi connectivity index (χ0) is 13.6. The minimum Gasteiger partial charge on any atom is -0.468 e. The third-order valence-electron chi connectivity index (χ3n) is 3.85. The van der Waals surface area contributed by atoms with Crippen LogP contribution in [0.2, 0.25) is 0 Å². The van der Waals surface area contributed by atoms with E-state index in [-0.39, 0.29) is 5.97 Å². The third kappa shape index (κ3) is 4.25. The number of hydrogen-bond donors (Lipinski definition) is 1. The number of nitrogens with one attached hydrogen (secondary N) is 1. The fourth-order valence-corrected chi connectivity index (χ4v) is 2.74. The third-order valence-corrected chi connectivity index (χ3v) is 3.85. The van der Waals surface area contributed by atoms with Gasteiger partial charge in [0, 0.05) is 6.54 Å². The Morgan fingerprint density at radius 2 is 2.17 bits per heavy atom. The van der Waals surface area contributed by atoms with Gasteiger partial charge in [-0.3, -0.25) is 4.79 Å². The average Bonchev–Trinajstić information content (AvgIpc) is 2.53. The van der Waals surface area contributed by atoms with E-state index in [0.29, 0.717) is 0 Å². The van der Waals surface area contributed by atoms with Crippen molar-refractivity contribution in [2.24, 2.45) is 5.92 Å².